The van der Waals surface area contributed by atoms with Crippen LogP contribution in [-0.2, 0) is 4.74 Å². The summed E-state index contributed by atoms with van der Waals surface area (Å²) in [6, 6.07) is 7.25. The minimum atomic E-state index is 0.642. The molecule has 0 unspecified atom stereocenters. The second-order valence-corrected chi connectivity index (χ2v) is 4.78. The van der Waals surface area contributed by atoms with Crippen LogP contribution in [0.5, 0.6) is 0 Å². The van der Waals surface area contributed by atoms with Crippen LogP contribution < -0.4 is 0 Å². The molecule has 0 radical (unpaired) electrons. The lowest BCUT2D eigenvalue weighted by molar-refractivity contribution is 0.0696. The number of nitrogens with zero attached hydrogens (tertiary/aromatic N) is 1. The number of halogens is 1. The molecule has 1 aliphatic heterocycles. The van der Waals surface area contributed by atoms with Crippen molar-refractivity contribution >= 4 is 34.4 Å². The summed E-state index contributed by atoms with van der Waals surface area (Å²) in [6.07, 6.45) is 1.06. The van der Waals surface area contributed by atoms with Crippen LogP contribution in [0.1, 0.15) is 5.56 Å². The fourth-order valence-electron chi connectivity index (χ4n) is 1.82. The zero-order valence-electron chi connectivity index (χ0n) is 9.80. The zero-order chi connectivity index (χ0) is 13.0. The molecule has 0 saturated carbocycles. The lowest BCUT2D eigenvalue weighted by Gasteiger charge is -2.30. The first-order valence-corrected chi connectivity index (χ1v) is 6.48. The van der Waals surface area contributed by atoms with E-state index in [-0.39, 0.29) is 0 Å². The third-order valence-corrected chi connectivity index (χ3v) is 3.54. The predicted octanol–water partition coefficient (Wildman–Crippen LogP) is 2.90. The number of aliphatic hydroxyl groups is 1. The summed E-state index contributed by atoms with van der Waals surface area (Å²) >= 11 is 11.3. The predicted molar refractivity (Wildman–Crippen MR) is 77.0 cm³/mol. The van der Waals surface area contributed by atoms with Gasteiger partial charge in [0.1, 0.15) is 4.99 Å². The average Bonchev–Trinajstić information content (AvgIpc) is 2.42. The summed E-state index contributed by atoms with van der Waals surface area (Å²) in [5.74, 6) is 0. The van der Waals surface area contributed by atoms with E-state index in [9.17, 15) is 5.11 Å². The maximum Gasteiger partial charge on any atom is 0.113 e. The van der Waals surface area contributed by atoms with Crippen molar-refractivity contribution in [3.63, 3.8) is 0 Å². The van der Waals surface area contributed by atoms with Gasteiger partial charge in [-0.15, -0.1) is 0 Å². The highest BCUT2D eigenvalue weighted by Gasteiger charge is 2.18. The lowest BCUT2D eigenvalue weighted by atomic mass is 10.1. The zero-order valence-corrected chi connectivity index (χ0v) is 11.4. The first kappa shape index (κ1) is 13.3. The summed E-state index contributed by atoms with van der Waals surface area (Å²) in [4.78, 5) is 2.68. The summed E-state index contributed by atoms with van der Waals surface area (Å²) in [5, 5.41) is 10.1. The molecule has 1 N–H and O–H groups in total. The van der Waals surface area contributed by atoms with Crippen molar-refractivity contribution in [3.05, 3.63) is 41.1 Å². The van der Waals surface area contributed by atoms with Gasteiger partial charge < -0.3 is 14.7 Å². The Morgan fingerprint density at radius 1 is 1.28 bits per heavy atom. The molecule has 3 nitrogen and oxygen atoms in total. The number of benzene rings is 1. The molecule has 1 fully saturated rings. The topological polar surface area (TPSA) is 32.7 Å². The number of rotatable bonds is 2. The normalized spacial score (nSPS) is 16.7. The van der Waals surface area contributed by atoms with Crippen molar-refractivity contribution in [2.75, 3.05) is 26.3 Å². The standard InChI is InChI=1S/C13H14ClNO2S/c14-11-3-1-10(2-4-11)12(9-16)13(18)15-5-7-17-8-6-15/h1-4,9,16H,5-8H2/b12-9+. The number of ether oxygens (including phenoxy) is 1. The lowest BCUT2D eigenvalue weighted by Crippen LogP contribution is -2.40. The second-order valence-electron chi connectivity index (χ2n) is 3.95. The van der Waals surface area contributed by atoms with E-state index in [0.29, 0.717) is 28.8 Å². The monoisotopic (exact) mass is 283 g/mol. The number of hydrogen-bond donors (Lipinski definition) is 1. The van der Waals surface area contributed by atoms with Crippen LogP contribution in [0.2, 0.25) is 5.02 Å². The second kappa shape index (κ2) is 6.18. The van der Waals surface area contributed by atoms with Crippen LogP contribution in [0.25, 0.3) is 5.57 Å². The van der Waals surface area contributed by atoms with Crippen molar-refractivity contribution in [2.24, 2.45) is 0 Å². The average molecular weight is 284 g/mol. The van der Waals surface area contributed by atoms with E-state index in [2.05, 4.69) is 0 Å². The van der Waals surface area contributed by atoms with Crippen LogP contribution in [-0.4, -0.2) is 41.3 Å². The Morgan fingerprint density at radius 2 is 1.89 bits per heavy atom. The number of thiocarbonyl (C=S) groups is 1. The van der Waals surface area contributed by atoms with Gasteiger partial charge in [-0.25, -0.2) is 0 Å². The third-order valence-electron chi connectivity index (χ3n) is 2.81. The van der Waals surface area contributed by atoms with Crippen molar-refractivity contribution < 1.29 is 9.84 Å². The number of hydrogen-bond acceptors (Lipinski definition) is 3. The van der Waals surface area contributed by atoms with Crippen molar-refractivity contribution in [2.45, 2.75) is 0 Å². The third kappa shape index (κ3) is 3.02. The van der Waals surface area contributed by atoms with E-state index in [1.54, 1.807) is 12.1 Å². The molecule has 0 atom stereocenters. The van der Waals surface area contributed by atoms with Crippen molar-refractivity contribution in [1.82, 2.24) is 4.90 Å². The molecular formula is C13H14ClNO2S. The van der Waals surface area contributed by atoms with Crippen molar-refractivity contribution in [1.29, 1.82) is 0 Å². The van der Waals surface area contributed by atoms with E-state index in [4.69, 9.17) is 28.6 Å². The van der Waals surface area contributed by atoms with Gasteiger partial charge in [0, 0.05) is 18.1 Å². The molecule has 2 rings (SSSR count). The van der Waals surface area contributed by atoms with Gasteiger partial charge in [-0.3, -0.25) is 0 Å². The molecule has 0 spiro atoms. The van der Waals surface area contributed by atoms with Gasteiger partial charge in [-0.1, -0.05) is 36.0 Å². The molecular weight excluding hydrogens is 270 g/mol. The Balaban J connectivity index is 2.18. The van der Waals surface area contributed by atoms with Gasteiger partial charge in [-0.2, -0.15) is 0 Å². The van der Waals surface area contributed by atoms with Gasteiger partial charge in [-0.05, 0) is 17.7 Å². The van der Waals surface area contributed by atoms with Crippen LogP contribution >= 0.6 is 23.8 Å². The van der Waals surface area contributed by atoms with Crippen molar-refractivity contribution in [3.8, 4) is 0 Å². The van der Waals surface area contributed by atoms with E-state index in [1.165, 1.54) is 0 Å². The van der Waals surface area contributed by atoms with Gasteiger partial charge in [0.05, 0.1) is 25.0 Å². The molecule has 18 heavy (non-hydrogen) atoms. The summed E-state index contributed by atoms with van der Waals surface area (Å²) in [5.41, 5.74) is 1.50. The molecule has 0 amide bonds. The van der Waals surface area contributed by atoms with Gasteiger partial charge >= 0.3 is 0 Å². The molecule has 1 aromatic rings. The summed E-state index contributed by atoms with van der Waals surface area (Å²) < 4.78 is 5.28. The minimum absolute atomic E-state index is 0.642. The first-order valence-electron chi connectivity index (χ1n) is 5.69. The molecule has 0 bridgehead atoms. The van der Waals surface area contributed by atoms with Crippen LogP contribution in [0.3, 0.4) is 0 Å². The van der Waals surface area contributed by atoms with E-state index >= 15 is 0 Å². The molecule has 1 aliphatic rings. The van der Waals surface area contributed by atoms with E-state index in [1.807, 2.05) is 17.0 Å². The Hall–Kier alpha value is -1.10. The first-order chi connectivity index (χ1) is 8.72. The molecule has 96 valence electrons. The minimum Gasteiger partial charge on any atom is -0.515 e. The Kier molecular flexibility index (Phi) is 4.58. The Labute approximate surface area is 117 Å². The van der Waals surface area contributed by atoms with Gasteiger partial charge in [0.15, 0.2) is 0 Å². The maximum absolute atomic E-state index is 9.41. The summed E-state index contributed by atoms with van der Waals surface area (Å²) in [7, 11) is 0. The highest BCUT2D eigenvalue weighted by Crippen LogP contribution is 2.21. The number of aliphatic hydroxyl groups excluding tert-OH is 1. The Bertz CT molecular complexity index is 453. The highest BCUT2D eigenvalue weighted by atomic mass is 35.5. The molecule has 5 heteroatoms. The quantitative estimate of drug-likeness (QED) is 0.514. The molecule has 1 aromatic carbocycles. The maximum atomic E-state index is 9.41. The van der Waals surface area contributed by atoms with Gasteiger partial charge in [0.2, 0.25) is 0 Å². The summed E-state index contributed by atoms with van der Waals surface area (Å²) in [6.45, 7) is 2.84. The molecule has 1 saturated heterocycles. The van der Waals surface area contributed by atoms with E-state index in [0.717, 1.165) is 24.9 Å². The van der Waals surface area contributed by atoms with Gasteiger partial charge in [0.25, 0.3) is 0 Å². The highest BCUT2D eigenvalue weighted by molar-refractivity contribution is 7.81. The van der Waals surface area contributed by atoms with E-state index < -0.39 is 0 Å². The van der Waals surface area contributed by atoms with Crippen LogP contribution in [0.4, 0.5) is 0 Å². The van der Waals surface area contributed by atoms with Crippen LogP contribution in [0.15, 0.2) is 30.5 Å². The SMILES string of the molecule is O/C=C(/C(=S)N1CCOCC1)c1ccc(Cl)cc1. The fourth-order valence-corrected chi connectivity index (χ4v) is 2.30. The molecule has 0 aromatic heterocycles. The molecule has 0 aliphatic carbocycles. The number of morpholine rings is 1. The molecule has 1 heterocycles. The fraction of sp³-hybridized carbons (Fsp3) is 0.308. The van der Waals surface area contributed by atoms with Crippen LogP contribution in [0, 0.1) is 0 Å². The Morgan fingerprint density at radius 3 is 2.44 bits per heavy atom. The largest absolute Gasteiger partial charge is 0.515 e. The smallest absolute Gasteiger partial charge is 0.113 e.